The highest BCUT2D eigenvalue weighted by Gasteiger charge is 2.12. The lowest BCUT2D eigenvalue weighted by Crippen LogP contribution is -2.19. The molecule has 1 heterocycles. The molecule has 0 spiro atoms. The molecule has 122 valence electrons. The Kier molecular flexibility index (Phi) is 5.28. The van der Waals surface area contributed by atoms with Crippen molar-refractivity contribution < 1.29 is 4.39 Å². The summed E-state index contributed by atoms with van der Waals surface area (Å²) in [6, 6.07) is 6.79. The molecule has 1 saturated carbocycles. The zero-order valence-corrected chi connectivity index (χ0v) is 13.6. The third kappa shape index (κ3) is 4.55. The van der Waals surface area contributed by atoms with Gasteiger partial charge in [0.05, 0.1) is 5.02 Å². The molecular weight excluding hydrogens is 315 g/mol. The molecule has 0 saturated heterocycles. The van der Waals surface area contributed by atoms with Crippen molar-refractivity contribution in [2.24, 2.45) is 0 Å². The summed E-state index contributed by atoms with van der Waals surface area (Å²) in [6.07, 6.45) is 9.24. The number of nitrogens with one attached hydrogen (secondary N) is 2. The molecule has 0 atom stereocenters. The van der Waals surface area contributed by atoms with E-state index >= 15 is 0 Å². The summed E-state index contributed by atoms with van der Waals surface area (Å²) in [4.78, 5) is 8.67. The summed E-state index contributed by atoms with van der Waals surface area (Å²) in [5, 5.41) is 6.61. The van der Waals surface area contributed by atoms with Gasteiger partial charge in [-0.25, -0.2) is 9.37 Å². The number of hydrogen-bond donors (Lipinski definition) is 2. The van der Waals surface area contributed by atoms with Crippen molar-refractivity contribution in [2.45, 2.75) is 44.6 Å². The second-order valence-electron chi connectivity index (χ2n) is 5.85. The summed E-state index contributed by atoms with van der Waals surface area (Å²) in [5.41, 5.74) is 0.656. The monoisotopic (exact) mass is 334 g/mol. The maximum Gasteiger partial charge on any atom is 0.229 e. The van der Waals surface area contributed by atoms with Crippen LogP contribution in [0.15, 0.2) is 30.5 Å². The molecule has 0 amide bonds. The van der Waals surface area contributed by atoms with Gasteiger partial charge in [0, 0.05) is 17.9 Å². The molecule has 3 rings (SSSR count). The molecule has 1 aliphatic carbocycles. The maximum atomic E-state index is 13.2. The first-order valence-electron chi connectivity index (χ1n) is 8.02. The van der Waals surface area contributed by atoms with Crippen molar-refractivity contribution in [1.29, 1.82) is 0 Å². The zero-order valence-electron chi connectivity index (χ0n) is 12.9. The van der Waals surface area contributed by atoms with E-state index in [0.29, 0.717) is 17.7 Å². The molecule has 1 aromatic heterocycles. The second-order valence-corrected chi connectivity index (χ2v) is 6.26. The van der Waals surface area contributed by atoms with Crippen LogP contribution < -0.4 is 10.6 Å². The number of hydrogen-bond acceptors (Lipinski definition) is 4. The van der Waals surface area contributed by atoms with Crippen LogP contribution in [-0.4, -0.2) is 16.0 Å². The summed E-state index contributed by atoms with van der Waals surface area (Å²) in [5.74, 6) is 0.829. The van der Waals surface area contributed by atoms with Crippen molar-refractivity contribution >= 4 is 29.1 Å². The van der Waals surface area contributed by atoms with Crippen molar-refractivity contribution in [3.8, 4) is 0 Å². The molecule has 0 unspecified atom stereocenters. The molecule has 1 aliphatic rings. The van der Waals surface area contributed by atoms with Crippen LogP contribution in [0.1, 0.15) is 38.5 Å². The van der Waals surface area contributed by atoms with Gasteiger partial charge in [0.2, 0.25) is 5.95 Å². The minimum atomic E-state index is -0.443. The fourth-order valence-electron chi connectivity index (χ4n) is 2.84. The molecule has 0 aliphatic heterocycles. The van der Waals surface area contributed by atoms with Crippen molar-refractivity contribution in [3.63, 3.8) is 0 Å². The zero-order chi connectivity index (χ0) is 16.1. The van der Waals surface area contributed by atoms with Crippen LogP contribution in [0.4, 0.5) is 21.8 Å². The Morgan fingerprint density at radius 3 is 2.61 bits per heavy atom. The Morgan fingerprint density at radius 1 is 1.09 bits per heavy atom. The van der Waals surface area contributed by atoms with E-state index in [0.717, 1.165) is 5.82 Å². The van der Waals surface area contributed by atoms with Gasteiger partial charge in [-0.3, -0.25) is 0 Å². The van der Waals surface area contributed by atoms with Gasteiger partial charge in [-0.1, -0.05) is 37.3 Å². The van der Waals surface area contributed by atoms with Crippen LogP contribution in [-0.2, 0) is 0 Å². The molecular formula is C17H20ClFN4. The molecule has 0 radical (unpaired) electrons. The third-order valence-electron chi connectivity index (χ3n) is 4.04. The van der Waals surface area contributed by atoms with E-state index in [1.807, 2.05) is 6.07 Å². The standard InChI is InChI=1S/C17H20ClFN4/c18-14-11-13(7-8-15(14)19)22-17-20-10-9-16(23-17)21-12-5-3-1-2-4-6-12/h7-12H,1-6H2,(H2,20,21,22,23). The SMILES string of the molecule is Fc1ccc(Nc2nccc(NC3CCCCCC3)n2)cc1Cl. The van der Waals surface area contributed by atoms with Gasteiger partial charge in [-0.2, -0.15) is 4.98 Å². The molecule has 4 nitrogen and oxygen atoms in total. The first-order chi connectivity index (χ1) is 11.2. The number of nitrogens with zero attached hydrogens (tertiary/aromatic N) is 2. The van der Waals surface area contributed by atoms with Crippen LogP contribution >= 0.6 is 11.6 Å². The molecule has 1 fully saturated rings. The number of anilines is 3. The smallest absolute Gasteiger partial charge is 0.229 e. The first kappa shape index (κ1) is 16.0. The van der Waals surface area contributed by atoms with E-state index in [-0.39, 0.29) is 5.02 Å². The molecule has 1 aromatic carbocycles. The van der Waals surface area contributed by atoms with E-state index < -0.39 is 5.82 Å². The lowest BCUT2D eigenvalue weighted by Gasteiger charge is -2.17. The van der Waals surface area contributed by atoms with Crippen molar-refractivity contribution in [1.82, 2.24) is 9.97 Å². The lowest BCUT2D eigenvalue weighted by molar-refractivity contribution is 0.617. The average Bonchev–Trinajstić information content (AvgIpc) is 2.80. The summed E-state index contributed by atoms with van der Waals surface area (Å²) in [6.45, 7) is 0. The second kappa shape index (κ2) is 7.59. The van der Waals surface area contributed by atoms with E-state index in [2.05, 4.69) is 20.6 Å². The highest BCUT2D eigenvalue weighted by Crippen LogP contribution is 2.23. The Bertz CT molecular complexity index is 657. The molecule has 2 N–H and O–H groups in total. The Labute approximate surface area is 140 Å². The summed E-state index contributed by atoms with van der Waals surface area (Å²) >= 11 is 5.79. The molecule has 23 heavy (non-hydrogen) atoms. The topological polar surface area (TPSA) is 49.8 Å². The predicted octanol–water partition coefficient (Wildman–Crippen LogP) is 5.15. The number of aromatic nitrogens is 2. The molecule has 2 aromatic rings. The minimum Gasteiger partial charge on any atom is -0.367 e. The number of benzene rings is 1. The Balaban J connectivity index is 1.67. The van der Waals surface area contributed by atoms with E-state index in [4.69, 9.17) is 11.6 Å². The first-order valence-corrected chi connectivity index (χ1v) is 8.40. The Hall–Kier alpha value is -1.88. The van der Waals surface area contributed by atoms with Crippen molar-refractivity contribution in [3.05, 3.63) is 41.3 Å². The van der Waals surface area contributed by atoms with Crippen LogP contribution in [0.2, 0.25) is 5.02 Å². The van der Waals surface area contributed by atoms with Crippen LogP contribution in [0.25, 0.3) is 0 Å². The fourth-order valence-corrected chi connectivity index (χ4v) is 3.02. The lowest BCUT2D eigenvalue weighted by atomic mass is 10.1. The van der Waals surface area contributed by atoms with Gasteiger partial charge in [0.15, 0.2) is 0 Å². The highest BCUT2D eigenvalue weighted by molar-refractivity contribution is 6.31. The maximum absolute atomic E-state index is 13.2. The quantitative estimate of drug-likeness (QED) is 0.759. The van der Waals surface area contributed by atoms with Crippen LogP contribution in [0, 0.1) is 5.82 Å². The van der Waals surface area contributed by atoms with Gasteiger partial charge in [-0.05, 0) is 37.1 Å². The fraction of sp³-hybridized carbons (Fsp3) is 0.412. The predicted molar refractivity (Wildman–Crippen MR) is 91.8 cm³/mol. The largest absolute Gasteiger partial charge is 0.367 e. The molecule has 0 bridgehead atoms. The van der Waals surface area contributed by atoms with E-state index in [1.165, 1.54) is 50.7 Å². The van der Waals surface area contributed by atoms with E-state index in [9.17, 15) is 4.39 Å². The minimum absolute atomic E-state index is 0.0720. The number of halogens is 2. The van der Waals surface area contributed by atoms with Gasteiger partial charge >= 0.3 is 0 Å². The van der Waals surface area contributed by atoms with Crippen molar-refractivity contribution in [2.75, 3.05) is 10.6 Å². The van der Waals surface area contributed by atoms with Gasteiger partial charge in [-0.15, -0.1) is 0 Å². The Morgan fingerprint density at radius 2 is 1.87 bits per heavy atom. The molecule has 6 heteroatoms. The van der Waals surface area contributed by atoms with Crippen LogP contribution in [0.5, 0.6) is 0 Å². The summed E-state index contributed by atoms with van der Waals surface area (Å²) < 4.78 is 13.2. The third-order valence-corrected chi connectivity index (χ3v) is 4.33. The highest BCUT2D eigenvalue weighted by atomic mass is 35.5. The van der Waals surface area contributed by atoms with E-state index in [1.54, 1.807) is 12.3 Å². The van der Waals surface area contributed by atoms with Gasteiger partial charge in [0.25, 0.3) is 0 Å². The van der Waals surface area contributed by atoms with Gasteiger partial charge in [0.1, 0.15) is 11.6 Å². The van der Waals surface area contributed by atoms with Gasteiger partial charge < -0.3 is 10.6 Å². The normalized spacial score (nSPS) is 15.9. The number of rotatable bonds is 4. The van der Waals surface area contributed by atoms with Crippen LogP contribution in [0.3, 0.4) is 0 Å². The summed E-state index contributed by atoms with van der Waals surface area (Å²) in [7, 11) is 0. The average molecular weight is 335 g/mol.